The van der Waals surface area contributed by atoms with Crippen molar-refractivity contribution in [3.05, 3.63) is 41.2 Å². The Labute approximate surface area is 182 Å². The van der Waals surface area contributed by atoms with E-state index in [1.807, 2.05) is 13.1 Å². The molecule has 0 spiro atoms. The number of benzene rings is 1. The monoisotopic (exact) mass is 430 g/mol. The van der Waals surface area contributed by atoms with Crippen molar-refractivity contribution < 1.29 is 4.39 Å². The lowest BCUT2D eigenvalue weighted by Crippen LogP contribution is -2.49. The summed E-state index contributed by atoms with van der Waals surface area (Å²) in [6.07, 6.45) is 5.45. The predicted molar refractivity (Wildman–Crippen MR) is 123 cm³/mol. The fourth-order valence-electron chi connectivity index (χ4n) is 4.12. The average molecular weight is 431 g/mol. The van der Waals surface area contributed by atoms with E-state index in [1.165, 1.54) is 18.9 Å². The molecule has 162 valence electrons. The minimum absolute atomic E-state index is 0.176. The number of guanidine groups is 1. The van der Waals surface area contributed by atoms with Gasteiger partial charge in [-0.15, -0.1) is 11.3 Å². The topological polar surface area (TPSA) is 55.8 Å². The highest BCUT2D eigenvalue weighted by atomic mass is 32.1. The Morgan fingerprint density at radius 1 is 1.20 bits per heavy atom. The number of hydrogen-bond acceptors (Lipinski definition) is 5. The van der Waals surface area contributed by atoms with Crippen LogP contribution in [-0.4, -0.2) is 56.8 Å². The first-order valence-electron chi connectivity index (χ1n) is 10.9. The number of anilines is 2. The van der Waals surface area contributed by atoms with Gasteiger partial charge in [0.2, 0.25) is 0 Å². The second-order valence-electron chi connectivity index (χ2n) is 7.95. The smallest absolute Gasteiger partial charge is 0.191 e. The van der Waals surface area contributed by atoms with E-state index in [-0.39, 0.29) is 5.82 Å². The van der Waals surface area contributed by atoms with E-state index in [0.29, 0.717) is 6.04 Å². The summed E-state index contributed by atoms with van der Waals surface area (Å²) in [4.78, 5) is 13.8. The van der Waals surface area contributed by atoms with E-state index < -0.39 is 0 Å². The van der Waals surface area contributed by atoms with Gasteiger partial charge in [0.25, 0.3) is 0 Å². The summed E-state index contributed by atoms with van der Waals surface area (Å²) in [7, 11) is 1.81. The van der Waals surface area contributed by atoms with Crippen LogP contribution in [0.1, 0.15) is 31.4 Å². The molecule has 2 N–H and O–H groups in total. The molecule has 0 radical (unpaired) electrons. The Morgan fingerprint density at radius 2 is 2.00 bits per heavy atom. The van der Waals surface area contributed by atoms with E-state index in [0.717, 1.165) is 74.5 Å². The van der Waals surface area contributed by atoms with Crippen LogP contribution < -0.4 is 20.4 Å². The van der Waals surface area contributed by atoms with Gasteiger partial charge in [-0.05, 0) is 43.9 Å². The molecule has 0 aliphatic carbocycles. The van der Waals surface area contributed by atoms with Crippen LogP contribution in [0.5, 0.6) is 0 Å². The van der Waals surface area contributed by atoms with Crippen LogP contribution in [0.25, 0.3) is 0 Å². The Morgan fingerprint density at radius 3 is 2.73 bits per heavy atom. The molecule has 2 aliphatic rings. The first-order valence-corrected chi connectivity index (χ1v) is 11.8. The lowest BCUT2D eigenvalue weighted by molar-refractivity contribution is 0.461. The zero-order chi connectivity index (χ0) is 20.8. The molecule has 2 saturated heterocycles. The Hall–Kier alpha value is -2.35. The molecule has 3 heterocycles. The third-order valence-corrected chi connectivity index (χ3v) is 6.77. The maximum Gasteiger partial charge on any atom is 0.191 e. The second kappa shape index (κ2) is 10.1. The summed E-state index contributed by atoms with van der Waals surface area (Å²) in [5.41, 5.74) is 2.11. The number of rotatable bonds is 6. The molecule has 0 atom stereocenters. The molecule has 2 aliphatic heterocycles. The fraction of sp³-hybridized carbons (Fsp3) is 0.545. The third-order valence-electron chi connectivity index (χ3n) is 5.82. The third kappa shape index (κ3) is 5.41. The van der Waals surface area contributed by atoms with Crippen molar-refractivity contribution in [2.75, 3.05) is 49.6 Å². The summed E-state index contributed by atoms with van der Waals surface area (Å²) in [5, 5.41) is 10.3. The van der Waals surface area contributed by atoms with Gasteiger partial charge in [-0.25, -0.2) is 9.37 Å². The molecule has 8 heteroatoms. The molecular formula is C22H31FN6S. The Balaban J connectivity index is 1.19. The summed E-state index contributed by atoms with van der Waals surface area (Å²) in [5.74, 6) is 0.666. The highest BCUT2D eigenvalue weighted by Gasteiger charge is 2.20. The number of nitrogens with zero attached hydrogens (tertiary/aromatic N) is 4. The number of thiazole rings is 1. The zero-order valence-corrected chi connectivity index (χ0v) is 18.4. The normalized spacial score (nSPS) is 18.1. The fourth-order valence-corrected chi connectivity index (χ4v) is 5.03. The molecule has 4 rings (SSSR count). The van der Waals surface area contributed by atoms with Gasteiger partial charge in [0.1, 0.15) is 5.82 Å². The molecule has 1 aromatic carbocycles. The van der Waals surface area contributed by atoms with Crippen LogP contribution in [0.3, 0.4) is 0 Å². The number of halogens is 1. The summed E-state index contributed by atoms with van der Waals surface area (Å²) >= 11 is 1.75. The van der Waals surface area contributed by atoms with Gasteiger partial charge in [0, 0.05) is 63.3 Å². The first-order chi connectivity index (χ1) is 14.7. The molecule has 2 aromatic rings. The van der Waals surface area contributed by atoms with E-state index in [1.54, 1.807) is 23.5 Å². The molecule has 30 heavy (non-hydrogen) atoms. The molecular weight excluding hydrogens is 399 g/mol. The van der Waals surface area contributed by atoms with Gasteiger partial charge in [0.15, 0.2) is 11.1 Å². The molecule has 1 aromatic heterocycles. The number of piperidine rings is 1. The van der Waals surface area contributed by atoms with Crippen LogP contribution in [0, 0.1) is 5.82 Å². The van der Waals surface area contributed by atoms with Crippen molar-refractivity contribution in [2.45, 2.75) is 38.1 Å². The van der Waals surface area contributed by atoms with Crippen LogP contribution in [-0.2, 0) is 6.42 Å². The standard InChI is InChI=1S/C22H31FN6S/c1-24-21(25-10-7-19-16-30-22(27-19)29-11-2-3-12-29)26-18-8-13-28(14-9-18)20-6-4-5-17(23)15-20/h4-6,15-16,18H,2-3,7-14H2,1H3,(H2,24,25,26). The maximum atomic E-state index is 13.5. The first kappa shape index (κ1) is 20.9. The predicted octanol–water partition coefficient (Wildman–Crippen LogP) is 3.26. The van der Waals surface area contributed by atoms with E-state index in [2.05, 4.69) is 30.8 Å². The Kier molecular flexibility index (Phi) is 7.04. The molecule has 2 fully saturated rings. The number of aromatic nitrogens is 1. The minimum atomic E-state index is -0.176. The van der Waals surface area contributed by atoms with E-state index in [9.17, 15) is 4.39 Å². The van der Waals surface area contributed by atoms with Crippen molar-refractivity contribution >= 4 is 28.1 Å². The highest BCUT2D eigenvalue weighted by Crippen LogP contribution is 2.24. The van der Waals surface area contributed by atoms with Gasteiger partial charge in [0.05, 0.1) is 5.69 Å². The summed E-state index contributed by atoms with van der Waals surface area (Å²) < 4.78 is 13.5. The minimum Gasteiger partial charge on any atom is -0.371 e. The van der Waals surface area contributed by atoms with Crippen molar-refractivity contribution in [3.63, 3.8) is 0 Å². The van der Waals surface area contributed by atoms with Crippen molar-refractivity contribution in [3.8, 4) is 0 Å². The summed E-state index contributed by atoms with van der Waals surface area (Å²) in [6.45, 7) is 4.91. The quantitative estimate of drug-likeness (QED) is 0.544. The lowest BCUT2D eigenvalue weighted by Gasteiger charge is -2.34. The average Bonchev–Trinajstić information content (AvgIpc) is 3.45. The number of aliphatic imine (C=N–C) groups is 1. The van der Waals surface area contributed by atoms with Crippen LogP contribution in [0.15, 0.2) is 34.6 Å². The lowest BCUT2D eigenvalue weighted by atomic mass is 10.0. The van der Waals surface area contributed by atoms with Gasteiger partial charge < -0.3 is 20.4 Å². The number of hydrogen-bond donors (Lipinski definition) is 2. The zero-order valence-electron chi connectivity index (χ0n) is 17.6. The van der Waals surface area contributed by atoms with Crippen LogP contribution in [0.4, 0.5) is 15.2 Å². The molecule has 0 amide bonds. The molecule has 0 bridgehead atoms. The SMILES string of the molecule is CN=C(NCCc1csc(N2CCCC2)n1)NC1CCN(c2cccc(F)c2)CC1. The van der Waals surface area contributed by atoms with Crippen molar-refractivity contribution in [1.29, 1.82) is 0 Å². The highest BCUT2D eigenvalue weighted by molar-refractivity contribution is 7.13. The van der Waals surface area contributed by atoms with Crippen LogP contribution in [0.2, 0.25) is 0 Å². The van der Waals surface area contributed by atoms with E-state index in [4.69, 9.17) is 4.98 Å². The molecule has 0 saturated carbocycles. The van der Waals surface area contributed by atoms with Gasteiger partial charge >= 0.3 is 0 Å². The van der Waals surface area contributed by atoms with E-state index >= 15 is 0 Å². The van der Waals surface area contributed by atoms with Crippen molar-refractivity contribution in [2.24, 2.45) is 4.99 Å². The van der Waals surface area contributed by atoms with Gasteiger partial charge in [-0.3, -0.25) is 4.99 Å². The summed E-state index contributed by atoms with van der Waals surface area (Å²) in [6, 6.07) is 7.23. The second-order valence-corrected chi connectivity index (χ2v) is 8.79. The van der Waals surface area contributed by atoms with Crippen molar-refractivity contribution in [1.82, 2.24) is 15.6 Å². The Bertz CT molecular complexity index is 840. The molecule has 6 nitrogen and oxygen atoms in total. The van der Waals surface area contributed by atoms with Gasteiger partial charge in [-0.1, -0.05) is 6.07 Å². The largest absolute Gasteiger partial charge is 0.371 e. The molecule has 0 unspecified atom stereocenters. The number of nitrogens with one attached hydrogen (secondary N) is 2. The van der Waals surface area contributed by atoms with Crippen LogP contribution >= 0.6 is 11.3 Å². The maximum absolute atomic E-state index is 13.5. The van der Waals surface area contributed by atoms with Gasteiger partial charge in [-0.2, -0.15) is 0 Å².